The molecule has 7 heteroatoms. The average Bonchev–Trinajstić information content (AvgIpc) is 3.95. The van der Waals surface area contributed by atoms with Crippen LogP contribution in [0.25, 0.3) is 22.8 Å². The second-order valence-corrected chi connectivity index (χ2v) is 11.0. The van der Waals surface area contributed by atoms with Gasteiger partial charge in [0, 0.05) is 35.9 Å². The third kappa shape index (κ3) is 5.93. The summed E-state index contributed by atoms with van der Waals surface area (Å²) in [7, 11) is 0. The van der Waals surface area contributed by atoms with Crippen molar-refractivity contribution in [3.63, 3.8) is 0 Å². The van der Waals surface area contributed by atoms with Gasteiger partial charge in [0.2, 0.25) is 0 Å². The summed E-state index contributed by atoms with van der Waals surface area (Å²) < 4.78 is 11.8. The zero-order chi connectivity index (χ0) is 30.7. The number of hydrogen-bond donors (Lipinski definition) is 0. The zero-order valence-corrected chi connectivity index (χ0v) is 27.6. The van der Waals surface area contributed by atoms with Crippen molar-refractivity contribution in [3.05, 3.63) is 194 Å². The summed E-state index contributed by atoms with van der Waals surface area (Å²) in [6.45, 7) is 5.61. The molecular weight excluding hydrogens is 764 g/mol. The first-order valence-corrected chi connectivity index (χ1v) is 15.3. The molecule has 6 aromatic rings. The minimum atomic E-state index is 0. The Morgan fingerprint density at radius 3 is 1.06 bits per heavy atom. The summed E-state index contributed by atoms with van der Waals surface area (Å²) in [6, 6.07) is 52.1. The van der Waals surface area contributed by atoms with Gasteiger partial charge in [-0.1, -0.05) is 134 Å². The van der Waals surface area contributed by atoms with Gasteiger partial charge in [0.05, 0.1) is 11.8 Å². The second-order valence-electron chi connectivity index (χ2n) is 11.0. The number of furan rings is 2. The van der Waals surface area contributed by atoms with Crippen LogP contribution in [0.1, 0.15) is 22.3 Å². The van der Waals surface area contributed by atoms with Crippen molar-refractivity contribution in [1.29, 1.82) is 0 Å². The molecule has 8 rings (SSSR count). The predicted molar refractivity (Wildman–Crippen MR) is 181 cm³/mol. The summed E-state index contributed by atoms with van der Waals surface area (Å²) in [6.07, 6.45) is 3.33. The van der Waals surface area contributed by atoms with E-state index in [9.17, 15) is 0 Å². The molecule has 2 aliphatic rings. The van der Waals surface area contributed by atoms with Gasteiger partial charge in [-0.3, -0.25) is 0 Å². The minimum absolute atomic E-state index is 0. The molecule has 0 spiro atoms. The van der Waals surface area contributed by atoms with E-state index in [1.54, 1.807) is 24.7 Å². The largest absolute Gasteiger partial charge is 4.00 e. The van der Waals surface area contributed by atoms with E-state index in [1.807, 2.05) is 12.1 Å². The van der Waals surface area contributed by atoms with Gasteiger partial charge in [-0.2, -0.15) is 24.3 Å². The Bertz CT molecular complexity index is 1800. The Morgan fingerprint density at radius 1 is 0.447 bits per heavy atom. The summed E-state index contributed by atoms with van der Waals surface area (Å²) >= 11 is 0. The first-order chi connectivity index (χ1) is 22.8. The molecule has 2 aliphatic heterocycles. The van der Waals surface area contributed by atoms with Gasteiger partial charge in [-0.25, -0.2) is 0 Å². The molecule has 0 saturated heterocycles. The molecular formula is C40H30N4O2Pt. The smallest absolute Gasteiger partial charge is 0.557 e. The molecule has 0 fully saturated rings. The number of anilines is 2. The van der Waals surface area contributed by atoms with Gasteiger partial charge in [0.1, 0.15) is 0 Å². The molecule has 6 nitrogen and oxygen atoms in total. The van der Waals surface area contributed by atoms with E-state index >= 15 is 0 Å². The van der Waals surface area contributed by atoms with E-state index in [0.717, 1.165) is 45.0 Å². The van der Waals surface area contributed by atoms with Crippen LogP contribution in [0.4, 0.5) is 11.8 Å². The van der Waals surface area contributed by atoms with Crippen molar-refractivity contribution in [2.75, 3.05) is 22.9 Å². The molecule has 0 saturated carbocycles. The first kappa shape index (κ1) is 30.5. The van der Waals surface area contributed by atoms with Crippen LogP contribution in [0.5, 0.6) is 0 Å². The van der Waals surface area contributed by atoms with E-state index < -0.39 is 0 Å². The Labute approximate surface area is 289 Å². The monoisotopic (exact) mass is 793 g/mol. The third-order valence-corrected chi connectivity index (χ3v) is 8.13. The molecule has 0 N–H and O–H groups in total. The molecule has 4 aromatic carbocycles. The number of benzene rings is 4. The quantitative estimate of drug-likeness (QED) is 0.137. The van der Waals surface area contributed by atoms with Gasteiger partial charge in [-0.05, 0) is 22.3 Å². The van der Waals surface area contributed by atoms with Gasteiger partial charge in [0.25, 0.3) is 0 Å². The molecule has 232 valence electrons. The van der Waals surface area contributed by atoms with Crippen LogP contribution in [0.2, 0.25) is 0 Å². The standard InChI is InChI=1S/C40H30N4O2.Pt/c1-5-15-31(16-6-1)37-39(33-19-9-3-10-20-33)43(35-23-13-27-45-35)29-41(37)25-26-42-30-44(36-24-14-28-46-36)40(34-21-11-4-12-22-34)38(42)32-17-7-2-8-18-32;/h1-22,27-30H,25-26H2;/q-4;+4. The molecule has 0 aliphatic carbocycles. The van der Waals surface area contributed by atoms with Crippen LogP contribution in [-0.2, 0) is 21.1 Å². The SMILES string of the molecule is [Pt+4].[c-]1ccoc1N1[CH-]N(CCN2[CH-]N(c3[c-]cco3)C(c3ccccc3)=C2c2ccccc2)C(c2ccccc2)=C1c1ccccc1. The fourth-order valence-corrected chi connectivity index (χ4v) is 6.14. The number of nitrogens with zero attached hydrogens (tertiary/aromatic N) is 4. The second kappa shape index (κ2) is 13.7. The molecule has 0 atom stereocenters. The average molecular weight is 794 g/mol. The normalized spacial score (nSPS) is 14.7. The third-order valence-electron chi connectivity index (χ3n) is 8.13. The molecule has 0 amide bonds. The van der Waals surface area contributed by atoms with E-state index in [1.165, 1.54) is 0 Å². The van der Waals surface area contributed by atoms with Crippen LogP contribution < -0.4 is 9.80 Å². The van der Waals surface area contributed by atoms with E-state index in [4.69, 9.17) is 8.83 Å². The van der Waals surface area contributed by atoms with Crippen molar-refractivity contribution < 1.29 is 29.9 Å². The molecule has 0 bridgehead atoms. The topological polar surface area (TPSA) is 39.2 Å². The summed E-state index contributed by atoms with van der Waals surface area (Å²) in [5.74, 6) is 1.27. The Balaban J connectivity index is 0.00000351. The summed E-state index contributed by atoms with van der Waals surface area (Å²) in [5.41, 5.74) is 8.70. The number of rotatable bonds is 9. The van der Waals surface area contributed by atoms with Crippen molar-refractivity contribution in [1.82, 2.24) is 9.80 Å². The van der Waals surface area contributed by atoms with E-state index in [2.05, 4.69) is 154 Å². The van der Waals surface area contributed by atoms with Crippen molar-refractivity contribution >= 4 is 34.6 Å². The fourth-order valence-electron chi connectivity index (χ4n) is 6.14. The maximum Gasteiger partial charge on any atom is 4.00 e. The van der Waals surface area contributed by atoms with E-state index in [-0.39, 0.29) is 21.1 Å². The maximum absolute atomic E-state index is 5.91. The minimum Gasteiger partial charge on any atom is -0.557 e. The Kier molecular flexibility index (Phi) is 8.85. The van der Waals surface area contributed by atoms with Crippen LogP contribution in [-0.4, -0.2) is 22.9 Å². The predicted octanol–water partition coefficient (Wildman–Crippen LogP) is 8.71. The molecule has 0 unspecified atom stereocenters. The Hall–Kier alpha value is -5.19. The van der Waals surface area contributed by atoms with Crippen LogP contribution >= 0.6 is 0 Å². The van der Waals surface area contributed by atoms with Gasteiger partial charge < -0.3 is 28.4 Å². The van der Waals surface area contributed by atoms with Gasteiger partial charge >= 0.3 is 21.1 Å². The fraction of sp³-hybridized carbons (Fsp3) is 0.0500. The zero-order valence-electron chi connectivity index (χ0n) is 25.3. The molecule has 47 heavy (non-hydrogen) atoms. The molecule has 4 heterocycles. The summed E-state index contributed by atoms with van der Waals surface area (Å²) in [4.78, 5) is 8.82. The number of hydrogen-bond acceptors (Lipinski definition) is 6. The Morgan fingerprint density at radius 2 is 0.766 bits per heavy atom. The van der Waals surface area contributed by atoms with Gasteiger partial charge in [0.15, 0.2) is 0 Å². The van der Waals surface area contributed by atoms with Crippen LogP contribution in [0, 0.1) is 25.5 Å². The van der Waals surface area contributed by atoms with Crippen LogP contribution in [0.15, 0.2) is 155 Å². The van der Waals surface area contributed by atoms with Crippen LogP contribution in [0.3, 0.4) is 0 Å². The summed E-state index contributed by atoms with van der Waals surface area (Å²) in [5, 5.41) is 0. The first-order valence-electron chi connectivity index (χ1n) is 15.3. The molecule has 0 radical (unpaired) electrons. The van der Waals surface area contributed by atoms with Crippen molar-refractivity contribution in [2.45, 2.75) is 0 Å². The van der Waals surface area contributed by atoms with Gasteiger partial charge in [-0.15, -0.1) is 13.3 Å². The van der Waals surface area contributed by atoms with E-state index in [0.29, 0.717) is 24.9 Å². The van der Waals surface area contributed by atoms with Crippen molar-refractivity contribution in [3.8, 4) is 0 Å². The molecule has 2 aromatic heterocycles. The maximum atomic E-state index is 5.91. The van der Waals surface area contributed by atoms with Crippen molar-refractivity contribution in [2.24, 2.45) is 0 Å².